The van der Waals surface area contributed by atoms with E-state index in [9.17, 15) is 9.59 Å². The van der Waals surface area contributed by atoms with E-state index in [4.69, 9.17) is 4.74 Å². The van der Waals surface area contributed by atoms with E-state index in [0.29, 0.717) is 17.2 Å². The van der Waals surface area contributed by atoms with Crippen LogP contribution in [0.3, 0.4) is 0 Å². The number of methoxy groups -OCH3 is 1. The Morgan fingerprint density at radius 2 is 1.74 bits per heavy atom. The Bertz CT molecular complexity index is 1080. The fourth-order valence-corrected chi connectivity index (χ4v) is 3.12. The molecule has 0 fully saturated rings. The Balaban J connectivity index is 1.80. The Labute approximate surface area is 181 Å². The summed E-state index contributed by atoms with van der Waals surface area (Å²) >= 11 is 0. The first-order valence-corrected chi connectivity index (χ1v) is 10.1. The number of fused-ring (bicyclic) bond motifs is 1. The molecule has 2 aromatic carbocycles. The number of aryl methyl sites for hydroxylation is 1. The minimum atomic E-state index is -0.562. The number of nitrogens with zero attached hydrogens (tertiary/aromatic N) is 2. The summed E-state index contributed by atoms with van der Waals surface area (Å²) in [5.41, 5.74) is 2.41. The minimum Gasteiger partial charge on any atom is -0.467 e. The quantitative estimate of drug-likeness (QED) is 0.500. The molecule has 8 nitrogen and oxygen atoms in total. The van der Waals surface area contributed by atoms with E-state index in [1.165, 1.54) is 7.11 Å². The molecule has 3 aromatic rings. The number of hydrogen-bond acceptors (Lipinski definition) is 6. The standard InChI is InChI=1S/C23H27N5O3/c1-14(2)20(22(29)31-4)28-21-16-10-6-8-12-18(16)25-19(27-21)13-24-23(30)26-17-11-7-5-9-15(17)3/h5-12,14,20H,13H2,1-4H3,(H2,24,26,30)(H,25,27,28)/t20-/m0/s1. The van der Waals surface area contributed by atoms with Crippen LogP contribution in [0, 0.1) is 12.8 Å². The smallest absolute Gasteiger partial charge is 0.328 e. The van der Waals surface area contributed by atoms with E-state index in [1.54, 1.807) is 0 Å². The average Bonchev–Trinajstić information content (AvgIpc) is 2.76. The number of aromatic nitrogens is 2. The number of amides is 2. The molecular weight excluding hydrogens is 394 g/mol. The van der Waals surface area contributed by atoms with E-state index in [2.05, 4.69) is 25.9 Å². The van der Waals surface area contributed by atoms with Crippen molar-refractivity contribution in [2.75, 3.05) is 17.7 Å². The lowest BCUT2D eigenvalue weighted by Crippen LogP contribution is -2.36. The van der Waals surface area contributed by atoms with Crippen LogP contribution < -0.4 is 16.0 Å². The van der Waals surface area contributed by atoms with Crippen LogP contribution in [0.4, 0.5) is 16.3 Å². The second-order valence-corrected chi connectivity index (χ2v) is 7.52. The van der Waals surface area contributed by atoms with E-state index >= 15 is 0 Å². The molecule has 3 rings (SSSR count). The number of ether oxygens (including phenoxy) is 1. The molecule has 0 aliphatic rings. The van der Waals surface area contributed by atoms with Crippen molar-refractivity contribution in [3.63, 3.8) is 0 Å². The predicted molar refractivity (Wildman–Crippen MR) is 121 cm³/mol. The highest BCUT2D eigenvalue weighted by molar-refractivity contribution is 5.92. The Hall–Kier alpha value is -3.68. The first-order valence-electron chi connectivity index (χ1n) is 10.1. The molecule has 3 N–H and O–H groups in total. The molecule has 0 saturated heterocycles. The highest BCUT2D eigenvalue weighted by Crippen LogP contribution is 2.22. The van der Waals surface area contributed by atoms with Crippen LogP contribution in [-0.2, 0) is 16.1 Å². The molecular formula is C23H27N5O3. The number of carbonyl (C=O) groups is 2. The van der Waals surface area contributed by atoms with Gasteiger partial charge < -0.3 is 20.7 Å². The number of nitrogens with one attached hydrogen (secondary N) is 3. The average molecular weight is 422 g/mol. The summed E-state index contributed by atoms with van der Waals surface area (Å²) in [6.45, 7) is 5.90. The molecule has 0 bridgehead atoms. The third-order valence-corrected chi connectivity index (χ3v) is 4.86. The zero-order valence-electron chi connectivity index (χ0n) is 18.1. The molecule has 0 unspecified atom stereocenters. The van der Waals surface area contributed by atoms with Crippen molar-refractivity contribution in [1.29, 1.82) is 0 Å². The van der Waals surface area contributed by atoms with E-state index in [1.807, 2.05) is 69.3 Å². The van der Waals surface area contributed by atoms with Crippen molar-refractivity contribution < 1.29 is 14.3 Å². The van der Waals surface area contributed by atoms with Gasteiger partial charge in [-0.1, -0.05) is 44.2 Å². The molecule has 1 heterocycles. The third-order valence-electron chi connectivity index (χ3n) is 4.86. The summed E-state index contributed by atoms with van der Waals surface area (Å²) in [6.07, 6.45) is 0. The van der Waals surface area contributed by atoms with E-state index in [0.717, 1.165) is 16.6 Å². The number of hydrogen-bond donors (Lipinski definition) is 3. The normalized spacial score (nSPS) is 11.8. The minimum absolute atomic E-state index is 0.0114. The summed E-state index contributed by atoms with van der Waals surface area (Å²) < 4.78 is 4.92. The van der Waals surface area contributed by atoms with Gasteiger partial charge in [0, 0.05) is 11.1 Å². The van der Waals surface area contributed by atoms with Crippen molar-refractivity contribution in [3.8, 4) is 0 Å². The van der Waals surface area contributed by atoms with E-state index in [-0.39, 0.29) is 24.5 Å². The number of esters is 1. The molecule has 162 valence electrons. The fraction of sp³-hybridized carbons (Fsp3) is 0.304. The van der Waals surface area contributed by atoms with Crippen molar-refractivity contribution in [1.82, 2.24) is 15.3 Å². The molecule has 0 radical (unpaired) electrons. The maximum absolute atomic E-state index is 12.3. The molecule has 31 heavy (non-hydrogen) atoms. The van der Waals surface area contributed by atoms with Gasteiger partial charge in [-0.25, -0.2) is 19.6 Å². The highest BCUT2D eigenvalue weighted by Gasteiger charge is 2.24. The topological polar surface area (TPSA) is 105 Å². The van der Waals surface area contributed by atoms with Gasteiger partial charge in [0.15, 0.2) is 5.82 Å². The number of anilines is 2. The first kappa shape index (κ1) is 22.0. The summed E-state index contributed by atoms with van der Waals surface area (Å²) in [4.78, 5) is 33.6. The number of urea groups is 1. The van der Waals surface area contributed by atoms with Gasteiger partial charge in [0.1, 0.15) is 11.9 Å². The molecule has 0 aliphatic heterocycles. The monoisotopic (exact) mass is 421 g/mol. The molecule has 2 amide bonds. The largest absolute Gasteiger partial charge is 0.467 e. The molecule has 1 atom stereocenters. The molecule has 1 aromatic heterocycles. The van der Waals surface area contributed by atoms with Gasteiger partial charge in [-0.3, -0.25) is 0 Å². The Morgan fingerprint density at radius 1 is 1.03 bits per heavy atom. The molecule has 0 spiro atoms. The number of carbonyl (C=O) groups excluding carboxylic acids is 2. The fourth-order valence-electron chi connectivity index (χ4n) is 3.12. The summed E-state index contributed by atoms with van der Waals surface area (Å²) in [7, 11) is 1.36. The number of benzene rings is 2. The van der Waals surface area contributed by atoms with Gasteiger partial charge in [0.2, 0.25) is 0 Å². The van der Waals surface area contributed by atoms with Crippen LogP contribution in [0.5, 0.6) is 0 Å². The molecule has 0 aliphatic carbocycles. The van der Waals surface area contributed by atoms with Gasteiger partial charge in [-0.05, 0) is 36.6 Å². The van der Waals surface area contributed by atoms with Gasteiger partial charge in [-0.2, -0.15) is 0 Å². The predicted octanol–water partition coefficient (Wildman–Crippen LogP) is 3.87. The van der Waals surface area contributed by atoms with Crippen LogP contribution in [0.1, 0.15) is 25.2 Å². The van der Waals surface area contributed by atoms with Gasteiger partial charge in [0.25, 0.3) is 0 Å². The zero-order valence-corrected chi connectivity index (χ0v) is 18.1. The van der Waals surface area contributed by atoms with Crippen molar-refractivity contribution in [3.05, 3.63) is 59.9 Å². The SMILES string of the molecule is COC(=O)[C@@H](Nc1nc(CNC(=O)Nc2ccccc2C)nc2ccccc12)C(C)C. The lowest BCUT2D eigenvalue weighted by molar-refractivity contribution is -0.142. The van der Waals surface area contributed by atoms with Crippen LogP contribution in [0.2, 0.25) is 0 Å². The van der Waals surface area contributed by atoms with Crippen LogP contribution in [0.15, 0.2) is 48.5 Å². The lowest BCUT2D eigenvalue weighted by Gasteiger charge is -2.21. The molecule has 8 heteroatoms. The van der Waals surface area contributed by atoms with Crippen molar-refractivity contribution >= 4 is 34.4 Å². The highest BCUT2D eigenvalue weighted by atomic mass is 16.5. The van der Waals surface area contributed by atoms with Crippen molar-refractivity contribution in [2.45, 2.75) is 33.4 Å². The van der Waals surface area contributed by atoms with Gasteiger partial charge in [-0.15, -0.1) is 0 Å². The number of rotatable bonds is 7. The first-order chi connectivity index (χ1) is 14.9. The summed E-state index contributed by atoms with van der Waals surface area (Å²) in [5, 5.41) is 9.58. The maximum Gasteiger partial charge on any atom is 0.328 e. The van der Waals surface area contributed by atoms with Gasteiger partial charge in [0.05, 0.1) is 19.2 Å². The number of para-hydroxylation sites is 2. The van der Waals surface area contributed by atoms with Crippen LogP contribution in [-0.4, -0.2) is 35.1 Å². The third kappa shape index (κ3) is 5.48. The maximum atomic E-state index is 12.3. The van der Waals surface area contributed by atoms with Crippen molar-refractivity contribution in [2.24, 2.45) is 5.92 Å². The molecule has 0 saturated carbocycles. The second kappa shape index (κ2) is 9.88. The Morgan fingerprint density at radius 3 is 2.45 bits per heavy atom. The second-order valence-electron chi connectivity index (χ2n) is 7.52. The zero-order chi connectivity index (χ0) is 22.4. The van der Waals surface area contributed by atoms with E-state index < -0.39 is 6.04 Å². The van der Waals surface area contributed by atoms with Gasteiger partial charge >= 0.3 is 12.0 Å². The summed E-state index contributed by atoms with van der Waals surface area (Å²) in [6, 6.07) is 14.1. The van der Waals surface area contributed by atoms with Crippen LogP contribution >= 0.6 is 0 Å². The Kier molecular flexibility index (Phi) is 7.02. The lowest BCUT2D eigenvalue weighted by atomic mass is 10.0. The summed E-state index contributed by atoms with van der Waals surface area (Å²) in [5.74, 6) is 0.567. The van der Waals surface area contributed by atoms with Crippen LogP contribution in [0.25, 0.3) is 10.9 Å².